The normalized spacial score (nSPS) is 15.3. The van der Waals surface area contributed by atoms with Crippen molar-refractivity contribution in [1.82, 2.24) is 14.9 Å². The number of nitrogens with one attached hydrogen (secondary N) is 1. The van der Waals surface area contributed by atoms with E-state index in [0.717, 1.165) is 49.0 Å². The van der Waals surface area contributed by atoms with Gasteiger partial charge in [0.15, 0.2) is 10.3 Å². The molecule has 3 heterocycles. The highest BCUT2D eigenvalue weighted by atomic mass is 32.1. The summed E-state index contributed by atoms with van der Waals surface area (Å²) >= 11 is 3.22. The fraction of sp³-hybridized carbons (Fsp3) is 0.381. The molecule has 29 heavy (non-hydrogen) atoms. The summed E-state index contributed by atoms with van der Waals surface area (Å²) in [7, 11) is 0. The summed E-state index contributed by atoms with van der Waals surface area (Å²) in [5, 5.41) is 6.72. The maximum absolute atomic E-state index is 12.5. The van der Waals surface area contributed by atoms with E-state index in [1.165, 1.54) is 11.1 Å². The van der Waals surface area contributed by atoms with Gasteiger partial charge in [-0.1, -0.05) is 29.8 Å². The Morgan fingerprint density at radius 1 is 1.21 bits per heavy atom. The molecule has 8 heteroatoms. The lowest BCUT2D eigenvalue weighted by Crippen LogP contribution is -2.36. The average molecular weight is 428 g/mol. The van der Waals surface area contributed by atoms with Crippen molar-refractivity contribution in [1.29, 1.82) is 0 Å². The molecule has 0 atom stereocenters. The van der Waals surface area contributed by atoms with E-state index in [9.17, 15) is 4.79 Å². The Balaban J connectivity index is 1.27. The highest BCUT2D eigenvalue weighted by Crippen LogP contribution is 2.22. The number of hydrogen-bond donors (Lipinski definition) is 1. The third-order valence-corrected chi connectivity index (χ3v) is 6.65. The summed E-state index contributed by atoms with van der Waals surface area (Å²) < 4.78 is 0. The summed E-state index contributed by atoms with van der Waals surface area (Å²) in [6, 6.07) is 8.48. The van der Waals surface area contributed by atoms with E-state index in [4.69, 9.17) is 0 Å². The fourth-order valence-corrected chi connectivity index (χ4v) is 5.08. The van der Waals surface area contributed by atoms with Gasteiger partial charge in [-0.15, -0.1) is 22.7 Å². The quantitative estimate of drug-likeness (QED) is 0.651. The van der Waals surface area contributed by atoms with Crippen molar-refractivity contribution in [2.75, 3.05) is 42.9 Å². The Morgan fingerprint density at radius 3 is 2.97 bits per heavy atom. The highest BCUT2D eigenvalue weighted by molar-refractivity contribution is 7.15. The van der Waals surface area contributed by atoms with E-state index in [-0.39, 0.29) is 5.91 Å². The van der Waals surface area contributed by atoms with Gasteiger partial charge >= 0.3 is 0 Å². The lowest BCUT2D eigenvalue weighted by molar-refractivity contribution is -0.117. The maximum atomic E-state index is 12.5. The van der Waals surface area contributed by atoms with Crippen LogP contribution in [0.3, 0.4) is 0 Å². The van der Waals surface area contributed by atoms with E-state index in [0.29, 0.717) is 11.7 Å². The second kappa shape index (κ2) is 9.47. The summed E-state index contributed by atoms with van der Waals surface area (Å²) in [5.41, 5.74) is 2.52. The van der Waals surface area contributed by atoms with Gasteiger partial charge in [-0.25, -0.2) is 9.97 Å². The van der Waals surface area contributed by atoms with Crippen LogP contribution in [0, 0.1) is 6.92 Å². The molecule has 0 unspecified atom stereocenters. The molecule has 1 amide bonds. The second-order valence-electron chi connectivity index (χ2n) is 7.28. The van der Waals surface area contributed by atoms with Crippen LogP contribution < -0.4 is 10.2 Å². The predicted molar refractivity (Wildman–Crippen MR) is 120 cm³/mol. The number of anilines is 2. The molecule has 3 aromatic rings. The highest BCUT2D eigenvalue weighted by Gasteiger charge is 2.19. The number of carbonyl (C=O) groups excluding carboxylic acids is 1. The molecule has 1 fully saturated rings. The van der Waals surface area contributed by atoms with Crippen molar-refractivity contribution in [3.63, 3.8) is 0 Å². The first-order chi connectivity index (χ1) is 14.2. The van der Waals surface area contributed by atoms with Crippen LogP contribution in [0.5, 0.6) is 0 Å². The molecule has 1 aromatic carbocycles. The van der Waals surface area contributed by atoms with Crippen LogP contribution in [0.15, 0.2) is 42.0 Å². The van der Waals surface area contributed by atoms with Crippen LogP contribution in [-0.2, 0) is 11.2 Å². The first kappa shape index (κ1) is 20.0. The minimum atomic E-state index is 0.00385. The zero-order valence-corrected chi connectivity index (χ0v) is 18.1. The molecule has 0 saturated carbocycles. The lowest BCUT2D eigenvalue weighted by atomic mass is 10.1. The molecule has 0 radical (unpaired) electrons. The van der Waals surface area contributed by atoms with E-state index >= 15 is 0 Å². The van der Waals surface area contributed by atoms with Gasteiger partial charge in [0.25, 0.3) is 0 Å². The molecular weight excluding hydrogens is 402 g/mol. The Labute approximate surface area is 179 Å². The molecule has 2 aromatic heterocycles. The van der Waals surface area contributed by atoms with Crippen molar-refractivity contribution < 1.29 is 4.79 Å². The third kappa shape index (κ3) is 5.62. The lowest BCUT2D eigenvalue weighted by Gasteiger charge is -2.20. The van der Waals surface area contributed by atoms with Crippen LogP contribution in [0.4, 0.5) is 10.3 Å². The van der Waals surface area contributed by atoms with Crippen molar-refractivity contribution in [2.45, 2.75) is 19.8 Å². The van der Waals surface area contributed by atoms with Crippen LogP contribution in [0.25, 0.3) is 0 Å². The average Bonchev–Trinajstić information content (AvgIpc) is 3.31. The number of aryl methyl sites for hydroxylation is 1. The molecule has 1 saturated heterocycles. The predicted octanol–water partition coefficient (Wildman–Crippen LogP) is 3.65. The fourth-order valence-electron chi connectivity index (χ4n) is 3.52. The van der Waals surface area contributed by atoms with Gasteiger partial charge < -0.3 is 10.2 Å². The molecule has 152 valence electrons. The molecule has 4 rings (SSSR count). The molecule has 0 spiro atoms. The number of thiazole rings is 2. The van der Waals surface area contributed by atoms with Crippen LogP contribution in [0.2, 0.25) is 0 Å². The standard InChI is InChI=1S/C21H25N5OS2/c1-16-4-2-5-17(12-16)13-18-14-23-20(29-18)24-19(27)15-25-7-3-8-26(10-9-25)21-22-6-11-28-21/h2,4-6,11-12,14H,3,7-10,13,15H2,1H3,(H,23,24,27). The van der Waals surface area contributed by atoms with Gasteiger partial charge in [0.05, 0.1) is 6.54 Å². The Kier molecular flexibility index (Phi) is 6.53. The summed E-state index contributed by atoms with van der Waals surface area (Å²) in [6.07, 6.45) is 5.58. The van der Waals surface area contributed by atoms with Gasteiger partial charge in [-0.05, 0) is 18.9 Å². The van der Waals surface area contributed by atoms with Gasteiger partial charge in [-0.2, -0.15) is 0 Å². The van der Waals surface area contributed by atoms with Gasteiger partial charge in [0, 0.05) is 55.3 Å². The topological polar surface area (TPSA) is 61.4 Å². The Morgan fingerprint density at radius 2 is 2.14 bits per heavy atom. The van der Waals surface area contributed by atoms with E-state index in [2.05, 4.69) is 56.3 Å². The Hall–Kier alpha value is -2.29. The summed E-state index contributed by atoms with van der Waals surface area (Å²) in [4.78, 5) is 27.0. The van der Waals surface area contributed by atoms with Crippen LogP contribution in [-0.4, -0.2) is 53.5 Å². The maximum Gasteiger partial charge on any atom is 0.240 e. The molecule has 1 aliphatic heterocycles. The zero-order chi connectivity index (χ0) is 20.1. The number of amides is 1. The van der Waals surface area contributed by atoms with Crippen molar-refractivity contribution in [2.24, 2.45) is 0 Å². The van der Waals surface area contributed by atoms with Crippen molar-refractivity contribution >= 4 is 38.8 Å². The molecule has 6 nitrogen and oxygen atoms in total. The smallest absolute Gasteiger partial charge is 0.240 e. The minimum absolute atomic E-state index is 0.00385. The third-order valence-electron chi connectivity index (χ3n) is 4.91. The minimum Gasteiger partial charge on any atom is -0.347 e. The van der Waals surface area contributed by atoms with E-state index < -0.39 is 0 Å². The van der Waals surface area contributed by atoms with Crippen LogP contribution >= 0.6 is 22.7 Å². The number of carbonyl (C=O) groups is 1. The first-order valence-electron chi connectivity index (χ1n) is 9.82. The molecule has 1 N–H and O–H groups in total. The first-order valence-corrected chi connectivity index (χ1v) is 11.5. The van der Waals surface area contributed by atoms with E-state index in [1.807, 2.05) is 17.8 Å². The van der Waals surface area contributed by atoms with E-state index in [1.54, 1.807) is 22.7 Å². The summed E-state index contributed by atoms with van der Waals surface area (Å²) in [5.74, 6) is 0.00385. The summed E-state index contributed by atoms with van der Waals surface area (Å²) in [6.45, 7) is 6.17. The number of nitrogens with zero attached hydrogens (tertiary/aromatic N) is 4. The van der Waals surface area contributed by atoms with Gasteiger partial charge in [0.2, 0.25) is 5.91 Å². The molecule has 1 aliphatic rings. The van der Waals surface area contributed by atoms with Crippen molar-refractivity contribution in [3.05, 3.63) is 58.0 Å². The number of rotatable bonds is 6. The molecule has 0 bridgehead atoms. The Bertz CT molecular complexity index is 940. The zero-order valence-electron chi connectivity index (χ0n) is 16.5. The molecular formula is C21H25N5OS2. The largest absolute Gasteiger partial charge is 0.347 e. The SMILES string of the molecule is Cc1cccc(Cc2cnc(NC(=O)CN3CCCN(c4nccs4)CC3)s2)c1. The number of benzene rings is 1. The van der Waals surface area contributed by atoms with Gasteiger partial charge in [-0.3, -0.25) is 9.69 Å². The van der Waals surface area contributed by atoms with Gasteiger partial charge in [0.1, 0.15) is 0 Å². The second-order valence-corrected chi connectivity index (χ2v) is 9.27. The van der Waals surface area contributed by atoms with Crippen molar-refractivity contribution in [3.8, 4) is 0 Å². The number of hydrogen-bond acceptors (Lipinski definition) is 7. The van der Waals surface area contributed by atoms with Crippen LogP contribution in [0.1, 0.15) is 22.4 Å². The number of aromatic nitrogens is 2. The molecule has 0 aliphatic carbocycles. The monoisotopic (exact) mass is 427 g/mol.